The van der Waals surface area contributed by atoms with Crippen molar-refractivity contribution in [2.45, 2.75) is 19.9 Å². The number of aromatic hydroxyl groups is 1. The summed E-state index contributed by atoms with van der Waals surface area (Å²) in [6.07, 6.45) is 1.68. The minimum absolute atomic E-state index is 0.0138. The average molecular weight is 343 g/mol. The lowest BCUT2D eigenvalue weighted by Gasteiger charge is -2.11. The molecule has 0 radical (unpaired) electrons. The quantitative estimate of drug-likeness (QED) is 0.543. The van der Waals surface area contributed by atoms with Crippen LogP contribution >= 0.6 is 0 Å². The number of H-pyrrole nitrogens is 1. The summed E-state index contributed by atoms with van der Waals surface area (Å²) in [5.74, 6) is -1.61. The van der Waals surface area contributed by atoms with Gasteiger partial charge in [-0.1, -0.05) is 19.1 Å². The number of nitrogens with one attached hydrogen (secondary N) is 1. The molecule has 1 heterocycles. The van der Waals surface area contributed by atoms with E-state index in [9.17, 15) is 19.5 Å². The molecule has 8 heteroatoms. The summed E-state index contributed by atoms with van der Waals surface area (Å²) in [5.41, 5.74) is -1.07. The second-order valence-electron chi connectivity index (χ2n) is 5.12. The summed E-state index contributed by atoms with van der Waals surface area (Å²) < 4.78 is 0.961. The maximum atomic E-state index is 12.2. The van der Waals surface area contributed by atoms with Gasteiger partial charge in [-0.05, 0) is 24.6 Å². The second-order valence-corrected chi connectivity index (χ2v) is 5.12. The highest BCUT2D eigenvalue weighted by Crippen LogP contribution is 2.19. The zero-order valence-electron chi connectivity index (χ0n) is 13.5. The number of hydrogen-bond acceptors (Lipinski definition) is 5. The molecule has 0 aliphatic heterocycles. The monoisotopic (exact) mass is 343 g/mol. The number of aromatic nitrogens is 2. The molecule has 0 saturated heterocycles. The Kier molecular flexibility index (Phi) is 5.33. The summed E-state index contributed by atoms with van der Waals surface area (Å²) >= 11 is 0. The van der Waals surface area contributed by atoms with Crippen molar-refractivity contribution in [1.29, 1.82) is 0 Å². The van der Waals surface area contributed by atoms with Gasteiger partial charge in [-0.15, -0.1) is 6.58 Å². The molecule has 2 rings (SSSR count). The molecule has 0 aliphatic carbocycles. The van der Waals surface area contributed by atoms with E-state index < -0.39 is 23.1 Å². The van der Waals surface area contributed by atoms with Crippen LogP contribution in [0.5, 0.6) is 5.88 Å². The normalized spacial score (nSPS) is 11.3. The summed E-state index contributed by atoms with van der Waals surface area (Å²) in [6, 6.07) is 5.87. The van der Waals surface area contributed by atoms with Gasteiger partial charge in [-0.2, -0.15) is 0 Å². The number of hydrogen-bond donors (Lipinski definition) is 3. The summed E-state index contributed by atoms with van der Waals surface area (Å²) in [5, 5.41) is 19.4. The first-order valence-electron chi connectivity index (χ1n) is 7.47. The molecule has 8 nitrogen and oxygen atoms in total. The highest BCUT2D eigenvalue weighted by Gasteiger charge is 2.18. The third-order valence-electron chi connectivity index (χ3n) is 3.46. The molecule has 0 amide bonds. The molecular formula is C17H17N3O5. The smallest absolute Gasteiger partial charge is 0.335 e. The largest absolute Gasteiger partial charge is 0.494 e. The molecule has 0 unspecified atom stereocenters. The number of allylic oxidation sites excluding steroid dienone is 1. The zero-order valence-corrected chi connectivity index (χ0v) is 13.5. The summed E-state index contributed by atoms with van der Waals surface area (Å²) in [6.45, 7) is 5.24. The Bertz CT molecular complexity index is 969. The van der Waals surface area contributed by atoms with Crippen LogP contribution in [0.25, 0.3) is 0 Å². The van der Waals surface area contributed by atoms with Crippen LogP contribution in [0, 0.1) is 0 Å². The predicted molar refractivity (Wildman–Crippen MR) is 93.1 cm³/mol. The lowest BCUT2D eigenvalue weighted by atomic mass is 10.1. The Morgan fingerprint density at radius 3 is 2.72 bits per heavy atom. The van der Waals surface area contributed by atoms with Gasteiger partial charge in [0.2, 0.25) is 5.88 Å². The Balaban J connectivity index is 2.66. The van der Waals surface area contributed by atoms with Gasteiger partial charge in [-0.25, -0.2) is 9.59 Å². The Labute approximate surface area is 142 Å². The number of nitrogens with zero attached hydrogens (tertiary/aromatic N) is 2. The minimum atomic E-state index is -1.10. The molecular weight excluding hydrogens is 326 g/mol. The van der Waals surface area contributed by atoms with Gasteiger partial charge in [0.15, 0.2) is 0 Å². The third kappa shape index (κ3) is 3.74. The second kappa shape index (κ2) is 7.43. The molecule has 0 spiro atoms. The van der Waals surface area contributed by atoms with Gasteiger partial charge in [0.25, 0.3) is 5.56 Å². The molecule has 0 bridgehead atoms. The van der Waals surface area contributed by atoms with E-state index in [-0.39, 0.29) is 29.8 Å². The molecule has 1 aromatic carbocycles. The number of aliphatic imine (C=N–C) groups is 1. The average Bonchev–Trinajstić information content (AvgIpc) is 2.57. The Morgan fingerprint density at radius 1 is 1.40 bits per heavy atom. The first-order chi connectivity index (χ1) is 11.9. The van der Waals surface area contributed by atoms with Crippen molar-refractivity contribution in [3.8, 4) is 5.88 Å². The van der Waals surface area contributed by atoms with Crippen LogP contribution in [0.4, 0.5) is 5.69 Å². The predicted octanol–water partition coefficient (Wildman–Crippen LogP) is 1.66. The molecule has 130 valence electrons. The maximum Gasteiger partial charge on any atom is 0.335 e. The number of benzene rings is 1. The van der Waals surface area contributed by atoms with E-state index in [2.05, 4.69) is 16.6 Å². The highest BCUT2D eigenvalue weighted by molar-refractivity contribution is 6.03. The Morgan fingerprint density at radius 2 is 2.12 bits per heavy atom. The summed E-state index contributed by atoms with van der Waals surface area (Å²) in [4.78, 5) is 41.4. The van der Waals surface area contributed by atoms with E-state index in [4.69, 9.17) is 5.11 Å². The first kappa shape index (κ1) is 17.9. The molecule has 1 aromatic heterocycles. The van der Waals surface area contributed by atoms with E-state index in [1.807, 2.05) is 0 Å². The minimum Gasteiger partial charge on any atom is -0.494 e. The zero-order chi connectivity index (χ0) is 18.6. The topological polar surface area (TPSA) is 125 Å². The van der Waals surface area contributed by atoms with Crippen molar-refractivity contribution in [3.63, 3.8) is 0 Å². The third-order valence-corrected chi connectivity index (χ3v) is 3.46. The van der Waals surface area contributed by atoms with E-state index in [1.54, 1.807) is 13.0 Å². The lowest BCUT2D eigenvalue weighted by Crippen LogP contribution is -2.33. The van der Waals surface area contributed by atoms with Gasteiger partial charge in [-0.3, -0.25) is 19.3 Å². The molecule has 0 aliphatic rings. The molecule has 0 atom stereocenters. The number of carboxylic acids is 1. The van der Waals surface area contributed by atoms with Crippen LogP contribution in [-0.4, -0.2) is 31.4 Å². The van der Waals surface area contributed by atoms with Crippen molar-refractivity contribution in [1.82, 2.24) is 9.55 Å². The van der Waals surface area contributed by atoms with Gasteiger partial charge < -0.3 is 10.2 Å². The van der Waals surface area contributed by atoms with E-state index >= 15 is 0 Å². The van der Waals surface area contributed by atoms with Crippen molar-refractivity contribution in [2.24, 2.45) is 4.99 Å². The van der Waals surface area contributed by atoms with Gasteiger partial charge in [0.1, 0.15) is 5.56 Å². The number of carboxylic acid groups (broad SMARTS) is 1. The molecule has 3 N–H and O–H groups in total. The van der Waals surface area contributed by atoms with Crippen molar-refractivity contribution in [3.05, 3.63) is 68.9 Å². The van der Waals surface area contributed by atoms with Crippen LogP contribution in [0.15, 0.2) is 51.5 Å². The Hall–Kier alpha value is -3.42. The van der Waals surface area contributed by atoms with Crippen LogP contribution < -0.4 is 11.2 Å². The highest BCUT2D eigenvalue weighted by atomic mass is 16.4. The van der Waals surface area contributed by atoms with Crippen LogP contribution in [0.3, 0.4) is 0 Å². The van der Waals surface area contributed by atoms with E-state index in [1.165, 1.54) is 24.3 Å². The molecule has 0 saturated carbocycles. The fourth-order valence-electron chi connectivity index (χ4n) is 2.29. The number of aromatic amines is 1. The van der Waals surface area contributed by atoms with Crippen molar-refractivity contribution < 1.29 is 15.0 Å². The first-order valence-corrected chi connectivity index (χ1v) is 7.47. The molecule has 2 aromatic rings. The van der Waals surface area contributed by atoms with Crippen LogP contribution in [-0.2, 0) is 6.54 Å². The fourth-order valence-corrected chi connectivity index (χ4v) is 2.29. The summed E-state index contributed by atoms with van der Waals surface area (Å²) in [7, 11) is 0. The van der Waals surface area contributed by atoms with Gasteiger partial charge in [0, 0.05) is 6.54 Å². The van der Waals surface area contributed by atoms with Gasteiger partial charge in [0.05, 0.1) is 17.0 Å². The lowest BCUT2D eigenvalue weighted by molar-refractivity contribution is 0.0697. The van der Waals surface area contributed by atoms with Crippen molar-refractivity contribution >= 4 is 17.4 Å². The number of carbonyl (C=O) groups is 1. The van der Waals surface area contributed by atoms with Crippen LogP contribution in [0.1, 0.15) is 29.3 Å². The molecule has 25 heavy (non-hydrogen) atoms. The van der Waals surface area contributed by atoms with Crippen LogP contribution in [0.2, 0.25) is 0 Å². The number of aromatic carboxylic acids is 1. The van der Waals surface area contributed by atoms with Crippen molar-refractivity contribution in [2.75, 3.05) is 0 Å². The number of rotatable bonds is 6. The standard InChI is InChI=1S/C17H17N3O5/c1-3-8-20-15(22)13(14(21)19-17(20)25)12(4-2)18-11-7-5-6-10(9-11)16(23)24/h3,5-7,9,22H,1,4,8H2,2H3,(H,23,24)(H,19,21,25). The molecule has 0 fully saturated rings. The van der Waals surface area contributed by atoms with Gasteiger partial charge >= 0.3 is 11.7 Å². The maximum absolute atomic E-state index is 12.2. The SMILES string of the molecule is C=CCn1c(O)c(C(CC)=Nc2cccc(C(=O)O)c2)c(=O)[nH]c1=O. The van der Waals surface area contributed by atoms with E-state index in [0.29, 0.717) is 5.69 Å². The van der Waals surface area contributed by atoms with E-state index in [0.717, 1.165) is 4.57 Å². The fraction of sp³-hybridized carbons (Fsp3) is 0.176.